The minimum Gasteiger partial charge on any atom is -0.497 e. The second kappa shape index (κ2) is 7.30. The Labute approximate surface area is 149 Å². The van der Waals surface area contributed by atoms with Gasteiger partial charge in [0.25, 0.3) is 11.5 Å². The van der Waals surface area contributed by atoms with E-state index in [4.69, 9.17) is 13.9 Å². The molecule has 0 atom stereocenters. The fraction of sp³-hybridized carbons (Fsp3) is 0.278. The van der Waals surface area contributed by atoms with Gasteiger partial charge >= 0.3 is 0 Å². The predicted molar refractivity (Wildman–Crippen MR) is 94.8 cm³/mol. The van der Waals surface area contributed by atoms with Crippen molar-refractivity contribution in [2.75, 3.05) is 20.3 Å². The molecule has 1 N–H and O–H groups in total. The Morgan fingerprint density at radius 1 is 1.27 bits per heavy atom. The van der Waals surface area contributed by atoms with E-state index in [9.17, 15) is 9.59 Å². The van der Waals surface area contributed by atoms with Gasteiger partial charge in [0.05, 0.1) is 19.2 Å². The first-order chi connectivity index (χ1) is 12.5. The van der Waals surface area contributed by atoms with Crippen molar-refractivity contribution in [2.24, 2.45) is 7.05 Å². The molecule has 0 saturated heterocycles. The van der Waals surface area contributed by atoms with Crippen molar-refractivity contribution in [3.63, 3.8) is 0 Å². The van der Waals surface area contributed by atoms with Gasteiger partial charge in [-0.15, -0.1) is 0 Å². The molecule has 3 aromatic rings. The summed E-state index contributed by atoms with van der Waals surface area (Å²) in [5.74, 6) is 1.36. The van der Waals surface area contributed by atoms with Crippen molar-refractivity contribution < 1.29 is 18.7 Å². The number of aryl methyl sites for hydroxylation is 2. The third kappa shape index (κ3) is 3.39. The summed E-state index contributed by atoms with van der Waals surface area (Å²) in [4.78, 5) is 28.8. The van der Waals surface area contributed by atoms with Gasteiger partial charge in [0.15, 0.2) is 0 Å². The molecule has 1 aromatic carbocycles. The normalized spacial score (nSPS) is 10.7. The van der Waals surface area contributed by atoms with Gasteiger partial charge in [-0.3, -0.25) is 9.59 Å². The Kier molecular flexibility index (Phi) is 4.92. The second-order valence-electron chi connectivity index (χ2n) is 5.65. The SMILES string of the molecule is COc1ccc(OCCNC(=O)c2c(C)oc3ncn(C)c(=O)c23)cc1. The van der Waals surface area contributed by atoms with Gasteiger partial charge in [0.2, 0.25) is 5.71 Å². The van der Waals surface area contributed by atoms with Crippen LogP contribution in [0.15, 0.2) is 39.8 Å². The Hall–Kier alpha value is -3.29. The molecule has 0 fully saturated rings. The molecule has 136 valence electrons. The van der Waals surface area contributed by atoms with E-state index >= 15 is 0 Å². The first kappa shape index (κ1) is 17.5. The quantitative estimate of drug-likeness (QED) is 0.674. The topological polar surface area (TPSA) is 95.6 Å². The summed E-state index contributed by atoms with van der Waals surface area (Å²) in [5.41, 5.74) is 0.0369. The van der Waals surface area contributed by atoms with Crippen molar-refractivity contribution in [1.29, 1.82) is 0 Å². The van der Waals surface area contributed by atoms with Gasteiger partial charge in [-0.05, 0) is 31.2 Å². The Balaban J connectivity index is 1.65. The lowest BCUT2D eigenvalue weighted by molar-refractivity contribution is 0.0947. The summed E-state index contributed by atoms with van der Waals surface area (Å²) in [6.45, 7) is 2.19. The van der Waals surface area contributed by atoms with E-state index in [0.717, 1.165) is 5.75 Å². The maximum atomic E-state index is 12.5. The van der Waals surface area contributed by atoms with Gasteiger partial charge in [-0.2, -0.15) is 0 Å². The molecule has 0 unspecified atom stereocenters. The molecular formula is C18H19N3O5. The van der Waals surface area contributed by atoms with E-state index in [0.29, 0.717) is 11.5 Å². The number of carbonyl (C=O) groups is 1. The largest absolute Gasteiger partial charge is 0.497 e. The summed E-state index contributed by atoms with van der Waals surface area (Å²) in [5, 5.41) is 2.91. The molecule has 26 heavy (non-hydrogen) atoms. The van der Waals surface area contributed by atoms with Crippen LogP contribution in [0.25, 0.3) is 11.1 Å². The van der Waals surface area contributed by atoms with Crippen LogP contribution in [0, 0.1) is 6.92 Å². The zero-order valence-electron chi connectivity index (χ0n) is 14.7. The number of nitrogens with zero attached hydrogens (tertiary/aromatic N) is 2. The summed E-state index contributed by atoms with van der Waals surface area (Å²) < 4.78 is 17.4. The number of benzene rings is 1. The average molecular weight is 357 g/mol. The maximum absolute atomic E-state index is 12.5. The van der Waals surface area contributed by atoms with Gasteiger partial charge in [-0.25, -0.2) is 4.98 Å². The number of amides is 1. The third-order valence-corrected chi connectivity index (χ3v) is 3.89. The van der Waals surface area contributed by atoms with Crippen LogP contribution in [0.1, 0.15) is 16.1 Å². The molecule has 1 amide bonds. The number of carbonyl (C=O) groups excluding carboxylic acids is 1. The van der Waals surface area contributed by atoms with Crippen LogP contribution < -0.4 is 20.3 Å². The Bertz CT molecular complexity index is 988. The lowest BCUT2D eigenvalue weighted by Crippen LogP contribution is -2.29. The number of methoxy groups -OCH3 is 1. The van der Waals surface area contributed by atoms with Gasteiger partial charge < -0.3 is 23.8 Å². The third-order valence-electron chi connectivity index (χ3n) is 3.89. The fourth-order valence-electron chi connectivity index (χ4n) is 2.55. The highest BCUT2D eigenvalue weighted by Crippen LogP contribution is 2.20. The minimum atomic E-state index is -0.398. The number of hydrogen-bond donors (Lipinski definition) is 1. The molecule has 8 nitrogen and oxygen atoms in total. The van der Waals surface area contributed by atoms with Gasteiger partial charge in [0.1, 0.15) is 35.6 Å². The highest BCUT2D eigenvalue weighted by atomic mass is 16.5. The highest BCUT2D eigenvalue weighted by Gasteiger charge is 2.22. The Morgan fingerprint density at radius 2 is 1.96 bits per heavy atom. The monoisotopic (exact) mass is 357 g/mol. The predicted octanol–water partition coefficient (Wildman–Crippen LogP) is 1.65. The van der Waals surface area contributed by atoms with Crippen LogP contribution >= 0.6 is 0 Å². The molecule has 0 radical (unpaired) electrons. The molecule has 0 saturated carbocycles. The number of furan rings is 1. The van der Waals surface area contributed by atoms with E-state index in [1.165, 1.54) is 10.9 Å². The molecule has 0 bridgehead atoms. The summed E-state index contributed by atoms with van der Waals surface area (Å²) in [7, 11) is 3.16. The molecule has 3 rings (SSSR count). The number of hydrogen-bond acceptors (Lipinski definition) is 6. The second-order valence-corrected chi connectivity index (χ2v) is 5.65. The number of rotatable bonds is 6. The van der Waals surface area contributed by atoms with E-state index in [-0.39, 0.29) is 35.4 Å². The molecule has 0 aliphatic carbocycles. The standard InChI is InChI=1S/C18H19N3O5/c1-11-14(15-17(26-11)20-10-21(2)18(15)23)16(22)19-8-9-25-13-6-4-12(24-3)5-7-13/h4-7,10H,8-9H2,1-3H3,(H,19,22). The molecular weight excluding hydrogens is 338 g/mol. The van der Waals surface area contributed by atoms with Crippen molar-refractivity contribution >= 4 is 17.0 Å². The summed E-state index contributed by atoms with van der Waals surface area (Å²) in [6, 6.07) is 7.14. The summed E-state index contributed by atoms with van der Waals surface area (Å²) in [6.07, 6.45) is 1.36. The van der Waals surface area contributed by atoms with Crippen molar-refractivity contribution in [1.82, 2.24) is 14.9 Å². The van der Waals surface area contributed by atoms with Crippen LogP contribution in [-0.4, -0.2) is 35.7 Å². The van der Waals surface area contributed by atoms with Gasteiger partial charge in [-0.1, -0.05) is 0 Å². The van der Waals surface area contributed by atoms with Crippen LogP contribution in [0.2, 0.25) is 0 Å². The molecule has 0 spiro atoms. The van der Waals surface area contributed by atoms with E-state index in [1.54, 1.807) is 45.3 Å². The van der Waals surface area contributed by atoms with Crippen LogP contribution in [-0.2, 0) is 7.05 Å². The number of ether oxygens (including phenoxy) is 2. The average Bonchev–Trinajstić information content (AvgIpc) is 2.99. The number of nitrogens with one attached hydrogen (secondary N) is 1. The number of fused-ring (bicyclic) bond motifs is 1. The van der Waals surface area contributed by atoms with Crippen molar-refractivity contribution in [3.8, 4) is 11.5 Å². The van der Waals surface area contributed by atoms with Crippen LogP contribution in [0.4, 0.5) is 0 Å². The first-order valence-corrected chi connectivity index (χ1v) is 8.01. The van der Waals surface area contributed by atoms with Gasteiger partial charge in [0, 0.05) is 7.05 Å². The maximum Gasteiger partial charge on any atom is 0.265 e. The zero-order valence-corrected chi connectivity index (χ0v) is 14.7. The molecule has 2 aromatic heterocycles. The van der Waals surface area contributed by atoms with Crippen molar-refractivity contribution in [3.05, 3.63) is 52.3 Å². The molecule has 0 aliphatic rings. The lowest BCUT2D eigenvalue weighted by Gasteiger charge is -2.08. The summed E-state index contributed by atoms with van der Waals surface area (Å²) >= 11 is 0. The molecule has 2 heterocycles. The van der Waals surface area contributed by atoms with Crippen LogP contribution in [0.3, 0.4) is 0 Å². The number of aromatic nitrogens is 2. The van der Waals surface area contributed by atoms with E-state index in [2.05, 4.69) is 10.3 Å². The molecule has 8 heteroatoms. The lowest BCUT2D eigenvalue weighted by atomic mass is 10.2. The minimum absolute atomic E-state index is 0.158. The fourth-order valence-corrected chi connectivity index (χ4v) is 2.55. The van der Waals surface area contributed by atoms with Crippen molar-refractivity contribution in [2.45, 2.75) is 6.92 Å². The Morgan fingerprint density at radius 3 is 2.65 bits per heavy atom. The zero-order chi connectivity index (χ0) is 18.7. The smallest absolute Gasteiger partial charge is 0.265 e. The molecule has 0 aliphatic heterocycles. The first-order valence-electron chi connectivity index (χ1n) is 8.01. The highest BCUT2D eigenvalue weighted by molar-refractivity contribution is 6.06. The van der Waals surface area contributed by atoms with E-state index < -0.39 is 5.91 Å². The van der Waals surface area contributed by atoms with E-state index in [1.807, 2.05) is 0 Å². The van der Waals surface area contributed by atoms with Crippen LogP contribution in [0.5, 0.6) is 11.5 Å².